The number of amides is 2. The number of halogens is 1. The number of benzene rings is 3. The Hall–Kier alpha value is -3.73. The van der Waals surface area contributed by atoms with Crippen molar-refractivity contribution in [1.82, 2.24) is 10.2 Å². The highest BCUT2D eigenvalue weighted by atomic mass is 19.1. The molecule has 3 aromatic rings. The first-order valence-corrected chi connectivity index (χ1v) is 10.1. The number of carbonyl (C=O) groups is 2. The van der Waals surface area contributed by atoms with Crippen LogP contribution < -0.4 is 5.32 Å². The van der Waals surface area contributed by atoms with E-state index < -0.39 is 6.04 Å². The minimum atomic E-state index is -0.831. The second kappa shape index (κ2) is 10.9. The van der Waals surface area contributed by atoms with Crippen molar-refractivity contribution in [2.24, 2.45) is 0 Å². The molecule has 0 radical (unpaired) electrons. The Morgan fingerprint density at radius 3 is 2.13 bits per heavy atom. The molecule has 0 unspecified atom stereocenters. The smallest absolute Gasteiger partial charge is 0.247 e. The van der Waals surface area contributed by atoms with E-state index in [2.05, 4.69) is 11.9 Å². The molecule has 0 saturated heterocycles. The zero-order chi connectivity index (χ0) is 22.1. The van der Waals surface area contributed by atoms with Crippen LogP contribution >= 0.6 is 0 Å². The molecule has 1 N–H and O–H groups in total. The number of rotatable bonds is 9. The van der Waals surface area contributed by atoms with Crippen molar-refractivity contribution in [3.05, 3.63) is 120 Å². The minimum Gasteiger partial charge on any atom is -0.351 e. The van der Waals surface area contributed by atoms with E-state index in [-0.39, 0.29) is 30.6 Å². The lowest BCUT2D eigenvalue weighted by molar-refractivity contribution is -0.141. The summed E-state index contributed by atoms with van der Waals surface area (Å²) in [6.45, 7) is 4.11. The molecule has 158 valence electrons. The monoisotopic (exact) mass is 416 g/mol. The predicted molar refractivity (Wildman–Crippen MR) is 119 cm³/mol. The van der Waals surface area contributed by atoms with Gasteiger partial charge in [-0.15, -0.1) is 6.58 Å². The first-order chi connectivity index (χ1) is 15.1. The van der Waals surface area contributed by atoms with Crippen LogP contribution in [-0.4, -0.2) is 23.3 Å². The van der Waals surface area contributed by atoms with Gasteiger partial charge in [0.2, 0.25) is 11.8 Å². The summed E-state index contributed by atoms with van der Waals surface area (Å²) < 4.78 is 13.4. The third-order valence-corrected chi connectivity index (χ3v) is 4.88. The molecular formula is C26H25FN2O2. The van der Waals surface area contributed by atoms with Gasteiger partial charge >= 0.3 is 0 Å². The molecule has 4 nitrogen and oxygen atoms in total. The molecule has 0 heterocycles. The molecule has 31 heavy (non-hydrogen) atoms. The number of carbonyl (C=O) groups excluding carboxylic acids is 2. The zero-order valence-corrected chi connectivity index (χ0v) is 17.2. The van der Waals surface area contributed by atoms with Crippen molar-refractivity contribution in [2.45, 2.75) is 19.0 Å². The summed E-state index contributed by atoms with van der Waals surface area (Å²) in [5, 5.41) is 2.81. The van der Waals surface area contributed by atoms with Crippen LogP contribution in [0.3, 0.4) is 0 Å². The van der Waals surface area contributed by atoms with Crippen LogP contribution in [0.4, 0.5) is 4.39 Å². The van der Waals surface area contributed by atoms with E-state index in [0.717, 1.165) is 11.1 Å². The SMILES string of the molecule is C=CCNC(=O)[C@H](c1ccccc1)N(Cc1ccc(F)cc1)C(=O)Cc1ccccc1. The Morgan fingerprint density at radius 2 is 1.52 bits per heavy atom. The van der Waals surface area contributed by atoms with Crippen molar-refractivity contribution in [1.29, 1.82) is 0 Å². The number of nitrogens with zero attached hydrogens (tertiary/aromatic N) is 1. The Kier molecular flexibility index (Phi) is 7.71. The maximum atomic E-state index is 13.4. The van der Waals surface area contributed by atoms with Gasteiger partial charge in [0.25, 0.3) is 0 Å². The van der Waals surface area contributed by atoms with Crippen LogP contribution in [0.15, 0.2) is 97.6 Å². The van der Waals surface area contributed by atoms with Gasteiger partial charge in [-0.1, -0.05) is 78.9 Å². The van der Waals surface area contributed by atoms with Gasteiger partial charge in [0.05, 0.1) is 6.42 Å². The maximum Gasteiger partial charge on any atom is 0.247 e. The Balaban J connectivity index is 1.98. The van der Waals surface area contributed by atoms with Gasteiger partial charge in [0.15, 0.2) is 0 Å². The van der Waals surface area contributed by atoms with Gasteiger partial charge in [0, 0.05) is 13.1 Å². The summed E-state index contributed by atoms with van der Waals surface area (Å²) >= 11 is 0. The number of hydrogen-bond acceptors (Lipinski definition) is 2. The normalized spacial score (nSPS) is 11.4. The summed E-state index contributed by atoms with van der Waals surface area (Å²) in [4.78, 5) is 28.1. The van der Waals surface area contributed by atoms with Crippen LogP contribution in [0.5, 0.6) is 0 Å². The molecule has 2 amide bonds. The summed E-state index contributed by atoms with van der Waals surface area (Å²) in [7, 11) is 0. The molecule has 0 fully saturated rings. The molecule has 0 saturated carbocycles. The Morgan fingerprint density at radius 1 is 0.903 bits per heavy atom. The van der Waals surface area contributed by atoms with Crippen molar-refractivity contribution in [3.8, 4) is 0 Å². The average Bonchev–Trinajstić information content (AvgIpc) is 2.80. The van der Waals surface area contributed by atoms with E-state index in [1.807, 2.05) is 60.7 Å². The fourth-order valence-corrected chi connectivity index (χ4v) is 3.36. The van der Waals surface area contributed by atoms with E-state index in [0.29, 0.717) is 12.1 Å². The molecule has 0 bridgehead atoms. The molecular weight excluding hydrogens is 391 g/mol. The molecule has 3 rings (SSSR count). The van der Waals surface area contributed by atoms with E-state index in [1.54, 1.807) is 23.1 Å². The van der Waals surface area contributed by atoms with Crippen LogP contribution in [0.2, 0.25) is 0 Å². The standard InChI is InChI=1S/C26H25FN2O2/c1-2-17-28-26(31)25(22-11-7-4-8-12-22)29(19-21-13-15-23(27)16-14-21)24(30)18-20-9-5-3-6-10-20/h2-16,25H,1,17-19H2,(H,28,31)/t25-/m0/s1. The molecule has 0 aliphatic carbocycles. The molecule has 5 heteroatoms. The molecule has 0 aliphatic heterocycles. The Labute approximate surface area is 182 Å². The van der Waals surface area contributed by atoms with Crippen LogP contribution in [0.25, 0.3) is 0 Å². The van der Waals surface area contributed by atoms with Crippen molar-refractivity contribution >= 4 is 11.8 Å². The minimum absolute atomic E-state index is 0.153. The number of hydrogen-bond donors (Lipinski definition) is 1. The largest absolute Gasteiger partial charge is 0.351 e. The molecule has 0 aromatic heterocycles. The number of nitrogens with one attached hydrogen (secondary N) is 1. The quantitative estimate of drug-likeness (QED) is 0.524. The third-order valence-electron chi connectivity index (χ3n) is 4.88. The lowest BCUT2D eigenvalue weighted by Gasteiger charge is -2.31. The summed E-state index contributed by atoms with van der Waals surface area (Å²) in [6.07, 6.45) is 1.75. The van der Waals surface area contributed by atoms with Crippen molar-refractivity contribution in [3.63, 3.8) is 0 Å². The van der Waals surface area contributed by atoms with Crippen LogP contribution in [-0.2, 0) is 22.6 Å². The van der Waals surface area contributed by atoms with Gasteiger partial charge in [0.1, 0.15) is 11.9 Å². The van der Waals surface area contributed by atoms with E-state index in [1.165, 1.54) is 12.1 Å². The summed E-state index contributed by atoms with van der Waals surface area (Å²) in [5.41, 5.74) is 2.29. The van der Waals surface area contributed by atoms with Crippen LogP contribution in [0, 0.1) is 5.82 Å². The topological polar surface area (TPSA) is 49.4 Å². The van der Waals surface area contributed by atoms with Gasteiger partial charge in [-0.25, -0.2) is 4.39 Å². The molecule has 0 aliphatic rings. The summed E-state index contributed by atoms with van der Waals surface area (Å²) in [5.74, 6) is -0.845. The van der Waals surface area contributed by atoms with Gasteiger partial charge in [-0.05, 0) is 28.8 Å². The second-order valence-electron chi connectivity index (χ2n) is 7.16. The second-order valence-corrected chi connectivity index (χ2v) is 7.16. The van der Waals surface area contributed by atoms with Gasteiger partial charge in [-0.2, -0.15) is 0 Å². The van der Waals surface area contributed by atoms with E-state index in [4.69, 9.17) is 0 Å². The highest BCUT2D eigenvalue weighted by Crippen LogP contribution is 2.25. The maximum absolute atomic E-state index is 13.4. The average molecular weight is 416 g/mol. The lowest BCUT2D eigenvalue weighted by atomic mass is 10.0. The predicted octanol–water partition coefficient (Wildman–Crippen LogP) is 4.44. The zero-order valence-electron chi connectivity index (χ0n) is 17.2. The van der Waals surface area contributed by atoms with E-state index >= 15 is 0 Å². The highest BCUT2D eigenvalue weighted by Gasteiger charge is 2.31. The third kappa shape index (κ3) is 6.12. The van der Waals surface area contributed by atoms with Crippen molar-refractivity contribution in [2.75, 3.05) is 6.54 Å². The van der Waals surface area contributed by atoms with Crippen LogP contribution in [0.1, 0.15) is 22.7 Å². The summed E-state index contributed by atoms with van der Waals surface area (Å²) in [6, 6.07) is 23.7. The first kappa shape index (κ1) is 22.0. The Bertz CT molecular complexity index is 1000. The fraction of sp³-hybridized carbons (Fsp3) is 0.154. The lowest BCUT2D eigenvalue weighted by Crippen LogP contribution is -2.44. The van der Waals surface area contributed by atoms with Gasteiger partial charge in [-0.3, -0.25) is 9.59 Å². The first-order valence-electron chi connectivity index (χ1n) is 10.1. The molecule has 1 atom stereocenters. The molecule has 3 aromatic carbocycles. The fourth-order valence-electron chi connectivity index (χ4n) is 3.36. The van der Waals surface area contributed by atoms with Gasteiger partial charge < -0.3 is 10.2 Å². The van der Waals surface area contributed by atoms with E-state index in [9.17, 15) is 14.0 Å². The molecule has 0 spiro atoms. The van der Waals surface area contributed by atoms with Crippen molar-refractivity contribution < 1.29 is 14.0 Å². The highest BCUT2D eigenvalue weighted by molar-refractivity contribution is 5.89.